The molecule has 0 spiro atoms. The van der Waals surface area contributed by atoms with Crippen molar-refractivity contribution >= 4 is 28.4 Å². The second-order valence-electron chi connectivity index (χ2n) is 6.69. The molecule has 7 heteroatoms. The van der Waals surface area contributed by atoms with E-state index in [0.717, 1.165) is 25.8 Å². The molecule has 1 fully saturated rings. The molecule has 2 aromatic heterocycles. The number of nitrogens with two attached hydrogens (primary N) is 2. The van der Waals surface area contributed by atoms with Gasteiger partial charge in [0.2, 0.25) is 0 Å². The maximum atomic E-state index is 13.2. The molecule has 0 radical (unpaired) electrons. The highest BCUT2D eigenvalue weighted by Crippen LogP contribution is 2.37. The van der Waals surface area contributed by atoms with Crippen molar-refractivity contribution in [2.75, 3.05) is 23.3 Å². The predicted octanol–water partition coefficient (Wildman–Crippen LogP) is 2.78. The maximum absolute atomic E-state index is 13.2. The molecule has 1 aromatic carbocycles. The molecular formula is C19H22N6O. The minimum absolute atomic E-state index is 0.148. The van der Waals surface area contributed by atoms with E-state index in [9.17, 15) is 4.79 Å². The summed E-state index contributed by atoms with van der Waals surface area (Å²) in [5.41, 5.74) is 15.2. The molecule has 1 aliphatic rings. The Balaban J connectivity index is 1.98. The molecule has 0 amide bonds. The number of nitrogen functional groups attached to an aromatic ring is 2. The molecule has 0 unspecified atom stereocenters. The summed E-state index contributed by atoms with van der Waals surface area (Å²) in [4.78, 5) is 22.4. The fraction of sp³-hybridized carbons (Fsp3) is 0.316. The number of hydrogen-bond acceptors (Lipinski definition) is 6. The van der Waals surface area contributed by atoms with Crippen LogP contribution in [0.3, 0.4) is 0 Å². The Morgan fingerprint density at radius 2 is 2.04 bits per heavy atom. The molecule has 0 atom stereocenters. The summed E-state index contributed by atoms with van der Waals surface area (Å²) >= 11 is 0. The molecule has 1 saturated carbocycles. The lowest BCUT2D eigenvalue weighted by molar-refractivity contribution is 0.726. The second-order valence-corrected chi connectivity index (χ2v) is 6.69. The first-order chi connectivity index (χ1) is 12.6. The van der Waals surface area contributed by atoms with Gasteiger partial charge in [-0.15, -0.1) is 0 Å². The van der Waals surface area contributed by atoms with Crippen molar-refractivity contribution in [1.29, 1.82) is 0 Å². The van der Waals surface area contributed by atoms with Crippen molar-refractivity contribution in [3.05, 3.63) is 40.7 Å². The van der Waals surface area contributed by atoms with E-state index in [4.69, 9.17) is 11.5 Å². The van der Waals surface area contributed by atoms with Gasteiger partial charge in [-0.25, -0.2) is 9.97 Å². The summed E-state index contributed by atoms with van der Waals surface area (Å²) in [7, 11) is 0. The Morgan fingerprint density at radius 3 is 2.73 bits per heavy atom. The highest BCUT2D eigenvalue weighted by molar-refractivity contribution is 5.88. The molecular weight excluding hydrogens is 328 g/mol. The Morgan fingerprint density at radius 1 is 1.23 bits per heavy atom. The van der Waals surface area contributed by atoms with E-state index in [1.54, 1.807) is 22.8 Å². The fourth-order valence-corrected chi connectivity index (χ4v) is 3.09. The standard InChI is InChI=1S/C19H22N6O/c1-2-8-22-15-10-14(21)17-18(23-15)25(13-6-7-13)19(26)16(24-17)11-4-3-5-12(20)9-11/h3-5,9-10,13H,2,6-8,20H2,1H3,(H3,21,22,23). The third-order valence-corrected chi connectivity index (χ3v) is 4.51. The average Bonchev–Trinajstić information content (AvgIpc) is 3.44. The Bertz CT molecular complexity index is 1040. The van der Waals surface area contributed by atoms with E-state index in [0.29, 0.717) is 39.6 Å². The number of pyridine rings is 1. The van der Waals surface area contributed by atoms with Crippen LogP contribution in [0.2, 0.25) is 0 Å². The predicted molar refractivity (Wildman–Crippen MR) is 105 cm³/mol. The van der Waals surface area contributed by atoms with Crippen LogP contribution in [-0.4, -0.2) is 21.1 Å². The fourth-order valence-electron chi connectivity index (χ4n) is 3.09. The van der Waals surface area contributed by atoms with Crippen molar-refractivity contribution in [2.45, 2.75) is 32.2 Å². The van der Waals surface area contributed by atoms with Crippen LogP contribution in [0.4, 0.5) is 17.2 Å². The molecule has 3 aromatic rings. The van der Waals surface area contributed by atoms with Gasteiger partial charge in [-0.1, -0.05) is 19.1 Å². The van der Waals surface area contributed by atoms with Gasteiger partial charge < -0.3 is 16.8 Å². The first-order valence-electron chi connectivity index (χ1n) is 8.91. The average molecular weight is 350 g/mol. The van der Waals surface area contributed by atoms with Crippen molar-refractivity contribution in [3.8, 4) is 11.3 Å². The largest absolute Gasteiger partial charge is 0.399 e. The normalized spacial score (nSPS) is 13.9. The lowest BCUT2D eigenvalue weighted by Gasteiger charge is -2.14. The molecule has 0 bridgehead atoms. The molecule has 4 rings (SSSR count). The number of nitrogens with zero attached hydrogens (tertiary/aromatic N) is 3. The van der Waals surface area contributed by atoms with E-state index in [1.165, 1.54) is 0 Å². The second kappa shape index (κ2) is 6.33. The molecule has 26 heavy (non-hydrogen) atoms. The Kier molecular flexibility index (Phi) is 3.99. The maximum Gasteiger partial charge on any atom is 0.279 e. The van der Waals surface area contributed by atoms with E-state index in [2.05, 4.69) is 22.2 Å². The molecule has 0 saturated heterocycles. The van der Waals surface area contributed by atoms with Gasteiger partial charge in [-0.3, -0.25) is 9.36 Å². The van der Waals surface area contributed by atoms with Crippen molar-refractivity contribution in [2.24, 2.45) is 0 Å². The van der Waals surface area contributed by atoms with E-state index in [-0.39, 0.29) is 11.6 Å². The number of nitrogens with one attached hydrogen (secondary N) is 1. The number of aromatic nitrogens is 3. The summed E-state index contributed by atoms with van der Waals surface area (Å²) in [6.45, 7) is 2.87. The SMILES string of the molecule is CCCNc1cc(N)c2nc(-c3cccc(N)c3)c(=O)n(C3CC3)c2n1. The number of benzene rings is 1. The quantitative estimate of drug-likeness (QED) is 0.610. The van der Waals surface area contributed by atoms with Crippen LogP contribution in [0.5, 0.6) is 0 Å². The zero-order valence-corrected chi connectivity index (χ0v) is 14.7. The highest BCUT2D eigenvalue weighted by atomic mass is 16.1. The number of anilines is 3. The lowest BCUT2D eigenvalue weighted by Crippen LogP contribution is -2.24. The van der Waals surface area contributed by atoms with Gasteiger partial charge in [0, 0.05) is 29.9 Å². The number of hydrogen-bond donors (Lipinski definition) is 3. The van der Waals surface area contributed by atoms with Crippen LogP contribution in [0.1, 0.15) is 32.2 Å². The third-order valence-electron chi connectivity index (χ3n) is 4.51. The van der Waals surface area contributed by atoms with Gasteiger partial charge in [-0.05, 0) is 31.4 Å². The smallest absolute Gasteiger partial charge is 0.279 e. The first kappa shape index (κ1) is 16.4. The number of rotatable bonds is 5. The summed E-state index contributed by atoms with van der Waals surface area (Å²) in [6, 6.07) is 9.12. The zero-order chi connectivity index (χ0) is 18.3. The molecule has 134 valence electrons. The van der Waals surface area contributed by atoms with E-state index in [1.807, 2.05) is 12.1 Å². The minimum atomic E-state index is -0.148. The van der Waals surface area contributed by atoms with Crippen molar-refractivity contribution in [3.63, 3.8) is 0 Å². The van der Waals surface area contributed by atoms with Gasteiger partial charge in [-0.2, -0.15) is 0 Å². The molecule has 7 nitrogen and oxygen atoms in total. The minimum Gasteiger partial charge on any atom is -0.399 e. The molecule has 1 aliphatic carbocycles. The highest BCUT2D eigenvalue weighted by Gasteiger charge is 2.29. The molecule has 5 N–H and O–H groups in total. The Hall–Kier alpha value is -3.09. The van der Waals surface area contributed by atoms with Gasteiger partial charge in [0.05, 0.1) is 5.69 Å². The summed E-state index contributed by atoms with van der Waals surface area (Å²) < 4.78 is 1.74. The van der Waals surface area contributed by atoms with Crippen molar-refractivity contribution in [1.82, 2.24) is 14.5 Å². The summed E-state index contributed by atoms with van der Waals surface area (Å²) in [5.74, 6) is 0.671. The monoisotopic (exact) mass is 350 g/mol. The molecule has 2 heterocycles. The van der Waals surface area contributed by atoms with Crippen LogP contribution in [-0.2, 0) is 0 Å². The van der Waals surface area contributed by atoms with Crippen LogP contribution in [0, 0.1) is 0 Å². The topological polar surface area (TPSA) is 112 Å². The van der Waals surface area contributed by atoms with Crippen molar-refractivity contribution < 1.29 is 0 Å². The van der Waals surface area contributed by atoms with E-state index < -0.39 is 0 Å². The Labute approximate surface area is 151 Å². The van der Waals surface area contributed by atoms with Gasteiger partial charge in [0.1, 0.15) is 17.0 Å². The third kappa shape index (κ3) is 2.85. The first-order valence-corrected chi connectivity index (χ1v) is 8.91. The van der Waals surface area contributed by atoms with Gasteiger partial charge in [0.15, 0.2) is 5.65 Å². The van der Waals surface area contributed by atoms with Gasteiger partial charge in [0.25, 0.3) is 5.56 Å². The van der Waals surface area contributed by atoms with Gasteiger partial charge >= 0.3 is 0 Å². The molecule has 0 aliphatic heterocycles. The number of fused-ring (bicyclic) bond motifs is 1. The van der Waals surface area contributed by atoms with Crippen LogP contribution < -0.4 is 22.3 Å². The summed E-state index contributed by atoms with van der Waals surface area (Å²) in [5, 5.41) is 3.24. The lowest BCUT2D eigenvalue weighted by atomic mass is 10.1. The van der Waals surface area contributed by atoms with E-state index >= 15 is 0 Å². The van der Waals surface area contributed by atoms with Crippen LogP contribution in [0.15, 0.2) is 35.1 Å². The summed E-state index contributed by atoms with van der Waals surface area (Å²) in [6.07, 6.45) is 2.90. The van der Waals surface area contributed by atoms with Crippen LogP contribution in [0.25, 0.3) is 22.4 Å². The van der Waals surface area contributed by atoms with Crippen LogP contribution >= 0.6 is 0 Å². The zero-order valence-electron chi connectivity index (χ0n) is 14.7.